The zero-order valence-electron chi connectivity index (χ0n) is 13.6. The highest BCUT2D eigenvalue weighted by atomic mass is 19.4. The summed E-state index contributed by atoms with van der Waals surface area (Å²) < 4.78 is 43.1. The molecule has 24 heavy (non-hydrogen) atoms. The molecule has 0 aliphatic carbocycles. The molecule has 1 aromatic heterocycles. The molecule has 0 saturated heterocycles. The zero-order chi connectivity index (χ0) is 18.0. The predicted molar refractivity (Wildman–Crippen MR) is 82.3 cm³/mol. The van der Waals surface area contributed by atoms with Crippen molar-refractivity contribution in [2.45, 2.75) is 31.9 Å². The molecule has 1 aromatic carbocycles. The Labute approximate surface area is 138 Å². The van der Waals surface area contributed by atoms with Crippen LogP contribution in [0.25, 0.3) is 0 Å². The number of halogens is 3. The van der Waals surface area contributed by atoms with Gasteiger partial charge in [0, 0.05) is 37.0 Å². The van der Waals surface area contributed by atoms with Crippen LogP contribution in [-0.2, 0) is 12.6 Å². The quantitative estimate of drug-likeness (QED) is 0.847. The summed E-state index contributed by atoms with van der Waals surface area (Å²) in [4.78, 5) is 0. The highest BCUT2D eigenvalue weighted by Crippen LogP contribution is 2.30. The lowest BCUT2D eigenvalue weighted by Gasteiger charge is -2.26. The maximum atomic E-state index is 12.5. The van der Waals surface area contributed by atoms with Crippen molar-refractivity contribution in [3.8, 4) is 5.75 Å². The lowest BCUT2D eigenvalue weighted by atomic mass is 9.98. The number of alkyl halides is 3. The zero-order valence-corrected chi connectivity index (χ0v) is 13.6. The second-order valence-electron chi connectivity index (χ2n) is 5.86. The summed E-state index contributed by atoms with van der Waals surface area (Å²) in [6.45, 7) is 3.46. The minimum Gasteiger partial charge on any atom is -0.405 e. The molecule has 2 N–H and O–H groups in total. The Morgan fingerprint density at radius 1 is 1.33 bits per heavy atom. The van der Waals surface area contributed by atoms with Crippen LogP contribution in [-0.4, -0.2) is 27.8 Å². The van der Waals surface area contributed by atoms with Crippen molar-refractivity contribution < 1.29 is 23.0 Å². The fraction of sp³-hybridized carbons (Fsp3) is 0.438. The minimum absolute atomic E-state index is 0.139. The fourth-order valence-corrected chi connectivity index (χ4v) is 2.32. The standard InChI is InChI=1S/C16H20F3N3O2/c1-11(13-6-4-5-7-14(13)24-16(17,18)19)20-10-15(2,23)12-8-21-22(3)9-12/h4-9,11,20,23H,10H2,1-3H3. The van der Waals surface area contributed by atoms with Gasteiger partial charge >= 0.3 is 6.36 Å². The molecule has 2 aromatic rings. The van der Waals surface area contributed by atoms with Crippen LogP contribution in [0.4, 0.5) is 13.2 Å². The Kier molecular flexibility index (Phi) is 5.19. The summed E-state index contributed by atoms with van der Waals surface area (Å²) in [5.74, 6) is -0.258. The number of nitrogens with zero attached hydrogens (tertiary/aromatic N) is 2. The molecule has 0 bridgehead atoms. The second kappa shape index (κ2) is 6.82. The normalized spacial score (nSPS) is 15.8. The number of aryl methyl sites for hydroxylation is 1. The van der Waals surface area contributed by atoms with Gasteiger partial charge in [-0.05, 0) is 19.9 Å². The maximum Gasteiger partial charge on any atom is 0.573 e. The predicted octanol–water partition coefficient (Wildman–Crippen LogP) is 2.88. The van der Waals surface area contributed by atoms with Crippen molar-refractivity contribution in [2.75, 3.05) is 6.54 Å². The first-order chi connectivity index (χ1) is 11.1. The smallest absolute Gasteiger partial charge is 0.405 e. The highest BCUT2D eigenvalue weighted by Gasteiger charge is 2.33. The number of benzene rings is 1. The number of para-hydroxylation sites is 1. The van der Waals surface area contributed by atoms with Gasteiger partial charge in [0.15, 0.2) is 0 Å². The van der Waals surface area contributed by atoms with E-state index in [1.165, 1.54) is 12.1 Å². The van der Waals surface area contributed by atoms with Crippen LogP contribution < -0.4 is 10.1 Å². The van der Waals surface area contributed by atoms with Gasteiger partial charge in [0.2, 0.25) is 0 Å². The molecule has 2 unspecified atom stereocenters. The molecule has 132 valence electrons. The van der Waals surface area contributed by atoms with Gasteiger partial charge in [0.1, 0.15) is 11.4 Å². The van der Waals surface area contributed by atoms with Gasteiger partial charge in [-0.3, -0.25) is 4.68 Å². The Morgan fingerprint density at radius 3 is 2.58 bits per heavy atom. The van der Waals surface area contributed by atoms with E-state index in [1.807, 2.05) is 0 Å². The topological polar surface area (TPSA) is 59.3 Å². The SMILES string of the molecule is CC(NCC(C)(O)c1cnn(C)c1)c1ccccc1OC(F)(F)F. The molecule has 0 fully saturated rings. The van der Waals surface area contributed by atoms with Crippen LogP contribution in [0.1, 0.15) is 31.0 Å². The van der Waals surface area contributed by atoms with Gasteiger partial charge in [0.25, 0.3) is 0 Å². The van der Waals surface area contributed by atoms with Crippen LogP contribution in [0.3, 0.4) is 0 Å². The number of ether oxygens (including phenoxy) is 1. The van der Waals surface area contributed by atoms with E-state index in [4.69, 9.17) is 0 Å². The molecule has 2 rings (SSSR count). The molecular weight excluding hydrogens is 323 g/mol. The summed E-state index contributed by atoms with van der Waals surface area (Å²) in [5, 5.41) is 17.6. The molecule has 1 heterocycles. The van der Waals surface area contributed by atoms with Crippen LogP contribution in [0, 0.1) is 0 Å². The molecule has 0 amide bonds. The highest BCUT2D eigenvalue weighted by molar-refractivity contribution is 5.35. The van der Waals surface area contributed by atoms with E-state index in [1.54, 1.807) is 50.1 Å². The van der Waals surface area contributed by atoms with E-state index >= 15 is 0 Å². The second-order valence-corrected chi connectivity index (χ2v) is 5.86. The average molecular weight is 343 g/mol. The van der Waals surface area contributed by atoms with E-state index < -0.39 is 18.0 Å². The van der Waals surface area contributed by atoms with Crippen LogP contribution in [0.2, 0.25) is 0 Å². The van der Waals surface area contributed by atoms with E-state index in [-0.39, 0.29) is 12.3 Å². The van der Waals surface area contributed by atoms with Gasteiger partial charge in [-0.15, -0.1) is 13.2 Å². The molecule has 5 nitrogen and oxygen atoms in total. The number of hydrogen-bond acceptors (Lipinski definition) is 4. The van der Waals surface area contributed by atoms with E-state index in [0.29, 0.717) is 11.1 Å². The Hall–Kier alpha value is -2.06. The van der Waals surface area contributed by atoms with E-state index in [0.717, 1.165) is 0 Å². The molecule has 0 aliphatic heterocycles. The van der Waals surface area contributed by atoms with Crippen LogP contribution in [0.15, 0.2) is 36.7 Å². The third-order valence-corrected chi connectivity index (χ3v) is 3.69. The van der Waals surface area contributed by atoms with Crippen LogP contribution in [0.5, 0.6) is 5.75 Å². The number of aromatic nitrogens is 2. The first kappa shape index (κ1) is 18.3. The fourth-order valence-electron chi connectivity index (χ4n) is 2.32. The molecule has 0 spiro atoms. The van der Waals surface area contributed by atoms with Crippen molar-refractivity contribution in [2.24, 2.45) is 7.05 Å². The van der Waals surface area contributed by atoms with Gasteiger partial charge in [-0.25, -0.2) is 0 Å². The van der Waals surface area contributed by atoms with E-state index in [2.05, 4.69) is 15.2 Å². The molecule has 0 aliphatic rings. The monoisotopic (exact) mass is 343 g/mol. The van der Waals surface area contributed by atoms with E-state index in [9.17, 15) is 18.3 Å². The average Bonchev–Trinajstić information content (AvgIpc) is 2.91. The number of hydrogen-bond donors (Lipinski definition) is 2. The first-order valence-corrected chi connectivity index (χ1v) is 7.38. The Bertz CT molecular complexity index is 683. The summed E-state index contributed by atoms with van der Waals surface area (Å²) in [5.41, 5.74) is -0.233. The summed E-state index contributed by atoms with van der Waals surface area (Å²) in [6.07, 6.45) is -1.52. The summed E-state index contributed by atoms with van der Waals surface area (Å²) >= 11 is 0. The Balaban J connectivity index is 2.09. The lowest BCUT2D eigenvalue weighted by Crippen LogP contribution is -2.36. The van der Waals surface area contributed by atoms with Gasteiger partial charge in [-0.1, -0.05) is 18.2 Å². The summed E-state index contributed by atoms with van der Waals surface area (Å²) in [6, 6.07) is 5.48. The van der Waals surface area contributed by atoms with Gasteiger partial charge in [-0.2, -0.15) is 5.10 Å². The molecular formula is C16H20F3N3O2. The van der Waals surface area contributed by atoms with Crippen molar-refractivity contribution in [1.29, 1.82) is 0 Å². The number of nitrogens with one attached hydrogen (secondary N) is 1. The molecule has 0 radical (unpaired) electrons. The van der Waals surface area contributed by atoms with Crippen molar-refractivity contribution in [3.63, 3.8) is 0 Å². The van der Waals surface area contributed by atoms with Crippen molar-refractivity contribution >= 4 is 0 Å². The molecule has 8 heteroatoms. The van der Waals surface area contributed by atoms with Crippen LogP contribution >= 0.6 is 0 Å². The van der Waals surface area contributed by atoms with Gasteiger partial charge in [0.05, 0.1) is 6.20 Å². The minimum atomic E-state index is -4.75. The first-order valence-electron chi connectivity index (χ1n) is 7.38. The largest absolute Gasteiger partial charge is 0.573 e. The van der Waals surface area contributed by atoms with Crippen molar-refractivity contribution in [3.05, 3.63) is 47.8 Å². The third kappa shape index (κ3) is 4.72. The van der Waals surface area contributed by atoms with Gasteiger partial charge < -0.3 is 15.2 Å². The third-order valence-electron chi connectivity index (χ3n) is 3.69. The van der Waals surface area contributed by atoms with Crippen molar-refractivity contribution in [1.82, 2.24) is 15.1 Å². The number of aliphatic hydroxyl groups is 1. The maximum absolute atomic E-state index is 12.5. The Morgan fingerprint density at radius 2 is 2.00 bits per heavy atom. The lowest BCUT2D eigenvalue weighted by molar-refractivity contribution is -0.275. The number of rotatable bonds is 6. The molecule has 0 saturated carbocycles. The summed E-state index contributed by atoms with van der Waals surface area (Å²) in [7, 11) is 1.74. The molecule has 2 atom stereocenters.